The Hall–Kier alpha value is -3.69. The molecular weight excluding hydrogens is 480 g/mol. The molecule has 0 radical (unpaired) electrons. The largest absolute Gasteiger partial charge is 0.507 e. The Morgan fingerprint density at radius 2 is 1.53 bits per heavy atom. The van der Waals surface area contributed by atoms with Crippen molar-refractivity contribution in [2.24, 2.45) is 5.92 Å². The van der Waals surface area contributed by atoms with Crippen molar-refractivity contribution in [2.45, 2.75) is 42.8 Å². The van der Waals surface area contributed by atoms with E-state index in [0.29, 0.717) is 24.1 Å². The van der Waals surface area contributed by atoms with Crippen molar-refractivity contribution >= 4 is 27.8 Å². The molecule has 3 aromatic rings. The van der Waals surface area contributed by atoms with Gasteiger partial charge in [0.15, 0.2) is 6.23 Å². The van der Waals surface area contributed by atoms with Gasteiger partial charge in [-0.3, -0.25) is 4.79 Å². The predicted octanol–water partition coefficient (Wildman–Crippen LogP) is 5.19. The van der Waals surface area contributed by atoms with E-state index in [0.717, 1.165) is 24.0 Å². The van der Waals surface area contributed by atoms with Crippen LogP contribution < -0.4 is 5.32 Å². The molecule has 3 atom stereocenters. The first kappa shape index (κ1) is 24.0. The average molecular weight is 507 g/mol. The monoisotopic (exact) mass is 506 g/mol. The maximum atomic E-state index is 13.5. The number of fused-ring (bicyclic) bond motifs is 1. The van der Waals surface area contributed by atoms with Crippen molar-refractivity contribution in [3.63, 3.8) is 0 Å². The first-order valence-corrected chi connectivity index (χ1v) is 13.3. The summed E-state index contributed by atoms with van der Waals surface area (Å²) in [5.74, 6) is -0.0844. The maximum absolute atomic E-state index is 13.5. The highest BCUT2D eigenvalue weighted by molar-refractivity contribution is 7.89. The van der Waals surface area contributed by atoms with Crippen molar-refractivity contribution in [1.82, 2.24) is 4.31 Å². The third-order valence-corrected chi connectivity index (χ3v) is 8.84. The number of carboxylic acid groups (broad SMARTS) is 1. The van der Waals surface area contributed by atoms with Crippen LogP contribution in [0.5, 0.6) is 0 Å². The van der Waals surface area contributed by atoms with E-state index in [1.165, 1.54) is 16.4 Å². The summed E-state index contributed by atoms with van der Waals surface area (Å²) in [6.07, 6.45) is 0.412. The van der Waals surface area contributed by atoms with E-state index in [1.807, 2.05) is 18.2 Å². The second-order valence-electron chi connectivity index (χ2n) is 9.09. The lowest BCUT2D eigenvalue weighted by atomic mass is 10.0. The molecule has 1 aliphatic carbocycles. The molecule has 0 aromatic heterocycles. The zero-order chi connectivity index (χ0) is 25.3. The molecule has 3 unspecified atom stereocenters. The predicted molar refractivity (Wildman–Crippen MR) is 134 cm³/mol. The van der Waals surface area contributed by atoms with Gasteiger partial charge in [0.1, 0.15) is 0 Å². The number of rotatable bonds is 6. The third kappa shape index (κ3) is 4.72. The molecule has 186 valence electrons. The number of benzene rings is 3. The molecule has 1 saturated heterocycles. The summed E-state index contributed by atoms with van der Waals surface area (Å²) in [6, 6.07) is 22.5. The van der Waals surface area contributed by atoms with E-state index < -0.39 is 22.4 Å². The number of hydrogen-bond acceptors (Lipinski definition) is 5. The quantitative estimate of drug-likeness (QED) is 0.445. The highest BCUT2D eigenvalue weighted by atomic mass is 32.2. The topological polar surface area (TPSA) is 113 Å². The number of carbonyl (C=O) groups is 2. The van der Waals surface area contributed by atoms with Gasteiger partial charge in [-0.2, -0.15) is 4.31 Å². The number of sulfonamides is 1. The Morgan fingerprint density at radius 1 is 0.889 bits per heavy atom. The van der Waals surface area contributed by atoms with E-state index >= 15 is 0 Å². The van der Waals surface area contributed by atoms with Gasteiger partial charge in [-0.1, -0.05) is 48.9 Å². The Labute approximate surface area is 209 Å². The fraction of sp³-hybridized carbons (Fsp3) is 0.259. The number of nitrogens with one attached hydrogen (secondary N) is 1. The van der Waals surface area contributed by atoms with Gasteiger partial charge in [-0.15, -0.1) is 0 Å². The fourth-order valence-corrected chi connectivity index (χ4v) is 7.03. The lowest BCUT2D eigenvalue weighted by Crippen LogP contribution is -2.43. The normalized spacial score (nSPS) is 21.6. The summed E-state index contributed by atoms with van der Waals surface area (Å²) in [5.41, 5.74) is 2.89. The molecule has 1 saturated carbocycles. The van der Waals surface area contributed by atoms with E-state index in [9.17, 15) is 18.0 Å². The van der Waals surface area contributed by atoms with E-state index in [1.54, 1.807) is 48.5 Å². The number of amides is 1. The minimum atomic E-state index is -3.94. The zero-order valence-electron chi connectivity index (χ0n) is 19.4. The van der Waals surface area contributed by atoms with Gasteiger partial charge in [0, 0.05) is 23.7 Å². The maximum Gasteiger partial charge on any atom is 0.507 e. The lowest BCUT2D eigenvalue weighted by Gasteiger charge is -2.27. The second-order valence-corrected chi connectivity index (χ2v) is 10.9. The minimum absolute atomic E-state index is 0.101. The molecule has 36 heavy (non-hydrogen) atoms. The first-order valence-electron chi connectivity index (χ1n) is 11.8. The summed E-state index contributed by atoms with van der Waals surface area (Å²) in [4.78, 5) is 23.6. The van der Waals surface area contributed by atoms with Gasteiger partial charge in [0.05, 0.1) is 4.90 Å². The number of nitrogens with zero attached hydrogens (tertiary/aromatic N) is 1. The molecule has 8 nitrogen and oxygen atoms in total. The molecule has 5 rings (SSSR count). The Kier molecular flexibility index (Phi) is 6.51. The van der Waals surface area contributed by atoms with Crippen molar-refractivity contribution in [2.75, 3.05) is 5.32 Å². The van der Waals surface area contributed by atoms with Gasteiger partial charge in [0.2, 0.25) is 10.0 Å². The van der Waals surface area contributed by atoms with Crippen LogP contribution in [-0.2, 0) is 14.8 Å². The van der Waals surface area contributed by atoms with Crippen molar-refractivity contribution in [3.8, 4) is 11.1 Å². The fourth-order valence-electron chi connectivity index (χ4n) is 5.23. The van der Waals surface area contributed by atoms with E-state index in [4.69, 9.17) is 9.84 Å². The van der Waals surface area contributed by atoms with Crippen LogP contribution >= 0.6 is 0 Å². The first-order chi connectivity index (χ1) is 17.3. The second kappa shape index (κ2) is 9.75. The highest BCUT2D eigenvalue weighted by Gasteiger charge is 2.51. The molecule has 1 amide bonds. The van der Waals surface area contributed by atoms with Gasteiger partial charge in [-0.05, 0) is 66.3 Å². The highest BCUT2D eigenvalue weighted by Crippen LogP contribution is 2.44. The average Bonchev–Trinajstić information content (AvgIpc) is 3.45. The summed E-state index contributed by atoms with van der Waals surface area (Å²) >= 11 is 0. The summed E-state index contributed by atoms with van der Waals surface area (Å²) in [7, 11) is -3.94. The Morgan fingerprint density at radius 3 is 2.17 bits per heavy atom. The minimum Gasteiger partial charge on any atom is -0.450 e. The smallest absolute Gasteiger partial charge is 0.450 e. The van der Waals surface area contributed by atoms with Crippen LogP contribution in [0.1, 0.15) is 36.0 Å². The van der Waals surface area contributed by atoms with Crippen LogP contribution in [0.4, 0.5) is 10.5 Å². The third-order valence-electron chi connectivity index (χ3n) is 6.91. The lowest BCUT2D eigenvalue weighted by molar-refractivity contribution is 0.00936. The molecular formula is C27H26N2O6S. The number of carbonyl (C=O) groups excluding carboxylic acids is 1. The van der Waals surface area contributed by atoms with Gasteiger partial charge >= 0.3 is 6.16 Å². The van der Waals surface area contributed by atoms with Crippen LogP contribution in [-0.4, -0.2) is 42.2 Å². The SMILES string of the molecule is O=C(O)OC1CC2CCCC2N1S(=O)(=O)c1ccc(-c2ccc(NC(=O)c3ccccc3)cc2)cc1. The van der Waals surface area contributed by atoms with Crippen LogP contribution in [0.15, 0.2) is 83.8 Å². The summed E-state index contributed by atoms with van der Waals surface area (Å²) in [6.45, 7) is 0. The van der Waals surface area contributed by atoms with Gasteiger partial charge in [-0.25, -0.2) is 13.2 Å². The van der Waals surface area contributed by atoms with Crippen LogP contribution in [0.25, 0.3) is 11.1 Å². The Balaban J connectivity index is 1.32. The summed E-state index contributed by atoms with van der Waals surface area (Å²) < 4.78 is 33.2. The number of ether oxygens (including phenoxy) is 1. The summed E-state index contributed by atoms with van der Waals surface area (Å²) in [5, 5.41) is 12.0. The van der Waals surface area contributed by atoms with Gasteiger partial charge in [0.25, 0.3) is 5.91 Å². The van der Waals surface area contributed by atoms with Gasteiger partial charge < -0.3 is 15.2 Å². The molecule has 2 aliphatic rings. The number of hydrogen-bond donors (Lipinski definition) is 2. The molecule has 0 spiro atoms. The van der Waals surface area contributed by atoms with Crippen molar-refractivity contribution in [3.05, 3.63) is 84.4 Å². The van der Waals surface area contributed by atoms with Crippen molar-refractivity contribution < 1.29 is 27.9 Å². The van der Waals surface area contributed by atoms with Crippen molar-refractivity contribution in [1.29, 1.82) is 0 Å². The van der Waals surface area contributed by atoms with E-state index in [2.05, 4.69) is 5.32 Å². The number of anilines is 1. The van der Waals surface area contributed by atoms with Crippen LogP contribution in [0, 0.1) is 5.92 Å². The van der Waals surface area contributed by atoms with Crippen LogP contribution in [0.2, 0.25) is 0 Å². The van der Waals surface area contributed by atoms with Crippen LogP contribution in [0.3, 0.4) is 0 Å². The standard InChI is InChI=1S/C27H26N2O6S/c30-26(20-5-2-1-3-6-20)28-22-13-9-18(10-14-22)19-11-15-23(16-12-19)36(33,34)29-24-8-4-7-21(24)17-25(29)35-27(31)32/h1-3,5-6,9-16,21,24-25H,4,7-8,17H2,(H,28,30)(H,31,32). The molecule has 1 aliphatic heterocycles. The molecule has 0 bridgehead atoms. The molecule has 9 heteroatoms. The molecule has 2 fully saturated rings. The molecule has 3 aromatic carbocycles. The Bertz CT molecular complexity index is 1360. The molecule has 1 heterocycles. The molecule has 2 N–H and O–H groups in total. The van der Waals surface area contributed by atoms with E-state index in [-0.39, 0.29) is 22.8 Å². The zero-order valence-corrected chi connectivity index (χ0v) is 20.2.